The minimum Gasteiger partial charge on any atom is -0.309 e. The van der Waals surface area contributed by atoms with Crippen LogP contribution in [0.1, 0.15) is 69.4 Å². The van der Waals surface area contributed by atoms with Gasteiger partial charge in [0.1, 0.15) is 0 Å². The second-order valence-corrected chi connectivity index (χ2v) is 36.4. The number of para-hydroxylation sites is 10. The van der Waals surface area contributed by atoms with Gasteiger partial charge in [-0.25, -0.2) is 19.4 Å². The van der Waals surface area contributed by atoms with E-state index in [-0.39, 0.29) is 22.2 Å². The number of aromatic nitrogens is 6. The first-order valence-electron chi connectivity index (χ1n) is 45.1. The van der Waals surface area contributed by atoms with Crippen molar-refractivity contribution in [1.29, 1.82) is 15.8 Å². The SMILES string of the molecule is [C-]#[N+]c1cc(C#N)cc([N+]#[C-])c1-c1cc2c(cc1-n1c3ccccc3c3ccccc31)c1ccccc1n2-c1ccccc1.[C-]#[N+]c1ccc(C#N)cc1-c1cc(-n2c3ccccc3c3ccccc32)cc2c3ccccc3n(-c3ccccc3)c12.[C-]#[N+]c1ccc(C#N)cc1-c1cc2c(cc1-n1c3ccc(C(C)(C)C)cc3c3cc(C(C)(C)C)ccc31)c1ccccc1n2-c1ccccc1. The molecule has 0 radical (unpaired) electrons. The Bertz CT molecular complexity index is 9260. The molecule has 0 fully saturated rings. The number of nitriles is 3. The summed E-state index contributed by atoms with van der Waals surface area (Å²) in [5.74, 6) is 0. The highest BCUT2D eigenvalue weighted by Crippen LogP contribution is 2.52. The van der Waals surface area contributed by atoms with Crippen LogP contribution in [0.2, 0.25) is 0 Å². The highest BCUT2D eigenvalue weighted by molar-refractivity contribution is 6.20. The lowest BCUT2D eigenvalue weighted by molar-refractivity contribution is 0.590. The largest absolute Gasteiger partial charge is 0.309 e. The molecule has 0 saturated heterocycles. The summed E-state index contributed by atoms with van der Waals surface area (Å²) in [6, 6.07) is 138. The van der Waals surface area contributed by atoms with E-state index in [1.807, 2.05) is 84.9 Å². The highest BCUT2D eigenvalue weighted by atomic mass is 15.0. The van der Waals surface area contributed by atoms with Crippen LogP contribution < -0.4 is 0 Å². The number of rotatable bonds is 9. The van der Waals surface area contributed by atoms with Crippen LogP contribution in [0.5, 0.6) is 0 Å². The third kappa shape index (κ3) is 13.6. The Kier molecular flexibility index (Phi) is 20.1. The molecule has 24 rings (SSSR count). The molecule has 6 aromatic heterocycles. The lowest BCUT2D eigenvalue weighted by Crippen LogP contribution is -2.10. The Morgan fingerprint density at radius 2 is 0.515 bits per heavy atom. The molecule has 0 amide bonds. The van der Waals surface area contributed by atoms with E-state index in [0.717, 1.165) is 171 Å². The highest BCUT2D eigenvalue weighted by Gasteiger charge is 2.30. The quantitative estimate of drug-likeness (QED) is 0.134. The van der Waals surface area contributed by atoms with Gasteiger partial charge in [0, 0.05) is 92.9 Å². The van der Waals surface area contributed by atoms with Crippen LogP contribution in [-0.4, -0.2) is 27.4 Å². The summed E-state index contributed by atoms with van der Waals surface area (Å²) in [4.78, 5) is 15.6. The van der Waals surface area contributed by atoms with E-state index in [9.17, 15) is 15.8 Å². The van der Waals surface area contributed by atoms with Crippen LogP contribution in [0, 0.1) is 60.3 Å². The molecule has 0 saturated carbocycles. The molecule has 136 heavy (non-hydrogen) atoms. The van der Waals surface area contributed by atoms with E-state index >= 15 is 0 Å². The zero-order chi connectivity index (χ0) is 92.9. The van der Waals surface area contributed by atoms with E-state index in [1.54, 1.807) is 36.4 Å². The molecule has 0 unspecified atom stereocenters. The van der Waals surface area contributed by atoms with Gasteiger partial charge in [0.05, 0.1) is 133 Å². The Balaban J connectivity index is 0.000000119. The molecule has 0 atom stereocenters. The summed E-state index contributed by atoms with van der Waals surface area (Å²) in [6.45, 7) is 46.0. The van der Waals surface area contributed by atoms with Gasteiger partial charge in [-0.1, -0.05) is 260 Å². The molecule has 0 spiro atoms. The molecule has 638 valence electrons. The zero-order valence-corrected chi connectivity index (χ0v) is 75.2. The minimum atomic E-state index is -0.0180. The van der Waals surface area contributed by atoms with Gasteiger partial charge >= 0.3 is 0 Å². The first kappa shape index (κ1) is 82.8. The topological polar surface area (TPSA) is 118 Å². The van der Waals surface area contributed by atoms with Crippen LogP contribution >= 0.6 is 0 Å². The lowest BCUT2D eigenvalue weighted by Gasteiger charge is -2.20. The van der Waals surface area contributed by atoms with Crippen molar-refractivity contribution in [3.05, 3.63) is 456 Å². The number of benzene rings is 18. The molecular formula is C123H81N13. The molecule has 0 aliphatic carbocycles. The average Bonchev–Trinajstić information content (AvgIpc) is 1.56. The zero-order valence-electron chi connectivity index (χ0n) is 75.2. The van der Waals surface area contributed by atoms with Crippen LogP contribution in [0.3, 0.4) is 0 Å². The van der Waals surface area contributed by atoms with Gasteiger partial charge in [-0.05, 0) is 219 Å². The Morgan fingerprint density at radius 1 is 0.213 bits per heavy atom. The molecule has 18 aromatic carbocycles. The van der Waals surface area contributed by atoms with Crippen molar-refractivity contribution in [2.24, 2.45) is 0 Å². The van der Waals surface area contributed by atoms with Gasteiger partial charge in [0.25, 0.3) is 0 Å². The maximum atomic E-state index is 10.0. The van der Waals surface area contributed by atoms with E-state index < -0.39 is 0 Å². The summed E-state index contributed by atoms with van der Waals surface area (Å²) in [6.07, 6.45) is 0. The summed E-state index contributed by atoms with van der Waals surface area (Å²) < 4.78 is 13.8. The molecule has 13 heteroatoms. The van der Waals surface area contributed by atoms with Crippen LogP contribution in [0.25, 0.3) is 218 Å². The smallest absolute Gasteiger partial charge is 0.195 e. The van der Waals surface area contributed by atoms with Gasteiger partial charge in [0.2, 0.25) is 0 Å². The standard InChI is InChI=1S/C46H38N4.C39H21N5.C38H22N4/c1-45(2,3)30-18-21-41-35(24-30)36-25-31(46(4,5)6)19-22-42(36)50(41)44-26-37-33-15-11-12-16-40(33)49(32-13-9-8-10-14-32)43(37)27-38(44)34-23-29(28-47)17-20-39(34)48-7;1-41-32-20-25(24-40)21-33(42-2)39(32)31-23-37-30(29-16-8-9-17-34(29)43(37)26-12-4-3-5-13-26)22-38(31)44-35-18-10-6-14-27(35)28-15-7-11-19-36(28)44;1-40-34-20-19-25(24-39)21-31(34)33-23-27(41-35-16-8-5-13-28(35)29-14-6-9-17-36(29)41)22-32-30-15-7-10-18-37(30)42(38(32)33)26-11-3-2-4-12-26/h8-27H,1-6H3;3-23H;2-23H. The van der Waals surface area contributed by atoms with Gasteiger partial charge in [-0.15, -0.1) is 0 Å². The first-order chi connectivity index (χ1) is 66.4. The van der Waals surface area contributed by atoms with Crippen molar-refractivity contribution in [2.75, 3.05) is 0 Å². The lowest BCUT2D eigenvalue weighted by atomic mass is 9.85. The monoisotopic (exact) mass is 1740 g/mol. The van der Waals surface area contributed by atoms with Gasteiger partial charge in [-0.2, -0.15) is 15.8 Å². The van der Waals surface area contributed by atoms with Crippen molar-refractivity contribution < 1.29 is 0 Å². The molecule has 0 aliphatic rings. The summed E-state index contributed by atoms with van der Waals surface area (Å²) in [7, 11) is 0. The van der Waals surface area contributed by atoms with Gasteiger partial charge in [-0.3, -0.25) is 0 Å². The second kappa shape index (κ2) is 33.0. The first-order valence-corrected chi connectivity index (χ1v) is 45.1. The van der Waals surface area contributed by atoms with E-state index in [4.69, 9.17) is 26.3 Å². The maximum absolute atomic E-state index is 10.0. The fourth-order valence-corrected chi connectivity index (χ4v) is 20.3. The molecule has 24 aromatic rings. The predicted molar refractivity (Wildman–Crippen MR) is 558 cm³/mol. The molecule has 6 heterocycles. The van der Waals surface area contributed by atoms with Gasteiger partial charge in [0.15, 0.2) is 22.7 Å². The molecular weight excluding hydrogens is 1660 g/mol. The van der Waals surface area contributed by atoms with Crippen molar-refractivity contribution in [3.63, 3.8) is 0 Å². The van der Waals surface area contributed by atoms with Crippen molar-refractivity contribution >= 4 is 154 Å². The van der Waals surface area contributed by atoms with Crippen molar-refractivity contribution in [2.45, 2.75) is 52.4 Å². The number of hydrogen-bond acceptors (Lipinski definition) is 3. The average molecular weight is 1740 g/mol. The Hall–Kier alpha value is -18.8. The van der Waals surface area contributed by atoms with Gasteiger partial charge < -0.3 is 27.4 Å². The molecule has 0 aliphatic heterocycles. The number of fused-ring (bicyclic) bond motifs is 18. The minimum absolute atomic E-state index is 0.0180. The normalized spacial score (nSPS) is 11.6. The predicted octanol–water partition coefficient (Wildman–Crippen LogP) is 33.1. The maximum Gasteiger partial charge on any atom is 0.195 e. The summed E-state index contributed by atoms with van der Waals surface area (Å²) in [5.41, 5.74) is 28.8. The van der Waals surface area contributed by atoms with Crippen LogP contribution in [0.15, 0.2) is 382 Å². The number of nitrogens with zero attached hydrogens (tertiary/aromatic N) is 13. The molecule has 13 nitrogen and oxygen atoms in total. The van der Waals surface area contributed by atoms with Crippen LogP contribution in [0.4, 0.5) is 22.7 Å². The molecule has 0 bridgehead atoms. The fourth-order valence-electron chi connectivity index (χ4n) is 20.3. The third-order valence-corrected chi connectivity index (χ3v) is 26.6. The second-order valence-electron chi connectivity index (χ2n) is 36.4. The Morgan fingerprint density at radius 3 is 0.890 bits per heavy atom. The van der Waals surface area contributed by atoms with E-state index in [1.165, 1.54) is 32.7 Å². The van der Waals surface area contributed by atoms with Crippen LogP contribution in [-0.2, 0) is 10.8 Å². The fraction of sp³-hybridized carbons (Fsp3) is 0.0650. The third-order valence-electron chi connectivity index (χ3n) is 26.6. The van der Waals surface area contributed by atoms with Crippen molar-refractivity contribution in [3.8, 4) is 85.7 Å². The summed E-state index contributed by atoms with van der Waals surface area (Å²) in [5, 5.41) is 43.2. The number of hydrogen-bond donors (Lipinski definition) is 0. The van der Waals surface area contributed by atoms with E-state index in [2.05, 4.69) is 367 Å². The van der Waals surface area contributed by atoms with E-state index in [0.29, 0.717) is 33.6 Å². The summed E-state index contributed by atoms with van der Waals surface area (Å²) >= 11 is 0. The Labute approximate surface area is 785 Å². The molecule has 0 N–H and O–H groups in total. The van der Waals surface area contributed by atoms with Crippen molar-refractivity contribution in [1.82, 2.24) is 27.4 Å².